The average Bonchev–Trinajstić information content (AvgIpc) is 2.40. The second-order valence-electron chi connectivity index (χ2n) is 6.34. The van der Waals surface area contributed by atoms with Crippen LogP contribution in [-0.2, 0) is 0 Å². The standard InChI is InChI=1S/C16H23ClN2O2/c1-12-4-5-13(17)10-14(12)15(20)19-8-6-18(7-9-19)11-16(2,3)21/h4-5,10,21H,6-9,11H2,1-3H3. The summed E-state index contributed by atoms with van der Waals surface area (Å²) in [5.41, 5.74) is 0.928. The minimum absolute atomic E-state index is 0.0397. The number of hydrogen-bond donors (Lipinski definition) is 1. The maximum atomic E-state index is 12.6. The van der Waals surface area contributed by atoms with Crippen molar-refractivity contribution in [3.05, 3.63) is 34.3 Å². The highest BCUT2D eigenvalue weighted by Gasteiger charge is 2.26. The normalized spacial score (nSPS) is 17.1. The van der Waals surface area contributed by atoms with E-state index < -0.39 is 5.60 Å². The monoisotopic (exact) mass is 310 g/mol. The third-order valence-electron chi connectivity index (χ3n) is 3.70. The molecule has 116 valence electrons. The predicted molar refractivity (Wildman–Crippen MR) is 84.8 cm³/mol. The summed E-state index contributed by atoms with van der Waals surface area (Å²) in [6.45, 7) is 9.10. The van der Waals surface area contributed by atoms with Crippen molar-refractivity contribution in [1.82, 2.24) is 9.80 Å². The number of aryl methyl sites for hydroxylation is 1. The fraction of sp³-hybridized carbons (Fsp3) is 0.562. The Morgan fingerprint density at radius 2 is 1.90 bits per heavy atom. The highest BCUT2D eigenvalue weighted by atomic mass is 35.5. The zero-order chi connectivity index (χ0) is 15.6. The third kappa shape index (κ3) is 4.43. The van der Waals surface area contributed by atoms with Gasteiger partial charge in [0, 0.05) is 43.3 Å². The van der Waals surface area contributed by atoms with Crippen LogP contribution >= 0.6 is 11.6 Å². The zero-order valence-corrected chi connectivity index (χ0v) is 13.7. The van der Waals surface area contributed by atoms with Gasteiger partial charge in [-0.1, -0.05) is 17.7 Å². The minimum atomic E-state index is -0.699. The Hall–Kier alpha value is -1.10. The first-order chi connectivity index (χ1) is 9.76. The number of hydrogen-bond acceptors (Lipinski definition) is 3. The third-order valence-corrected chi connectivity index (χ3v) is 3.94. The molecule has 1 fully saturated rings. The smallest absolute Gasteiger partial charge is 0.254 e. The van der Waals surface area contributed by atoms with Crippen molar-refractivity contribution in [2.75, 3.05) is 32.7 Å². The van der Waals surface area contributed by atoms with E-state index in [1.807, 2.05) is 17.9 Å². The molecule has 1 heterocycles. The van der Waals surface area contributed by atoms with Crippen LogP contribution in [0, 0.1) is 6.92 Å². The van der Waals surface area contributed by atoms with Crippen molar-refractivity contribution >= 4 is 17.5 Å². The van der Waals surface area contributed by atoms with Crippen LogP contribution in [0.4, 0.5) is 0 Å². The lowest BCUT2D eigenvalue weighted by Gasteiger charge is -2.37. The largest absolute Gasteiger partial charge is 0.389 e. The Bertz CT molecular complexity index is 517. The second kappa shape index (κ2) is 6.34. The lowest BCUT2D eigenvalue weighted by atomic mass is 10.1. The van der Waals surface area contributed by atoms with Gasteiger partial charge in [-0.15, -0.1) is 0 Å². The molecule has 4 nitrogen and oxygen atoms in total. The van der Waals surface area contributed by atoms with Crippen LogP contribution in [0.25, 0.3) is 0 Å². The van der Waals surface area contributed by atoms with Crippen LogP contribution in [0.1, 0.15) is 29.8 Å². The van der Waals surface area contributed by atoms with E-state index in [9.17, 15) is 9.90 Å². The molecule has 1 aromatic carbocycles. The van der Waals surface area contributed by atoms with Crippen molar-refractivity contribution < 1.29 is 9.90 Å². The first-order valence-electron chi connectivity index (χ1n) is 7.26. The summed E-state index contributed by atoms with van der Waals surface area (Å²) in [4.78, 5) is 16.6. The van der Waals surface area contributed by atoms with Gasteiger partial charge < -0.3 is 10.0 Å². The van der Waals surface area contributed by atoms with Gasteiger partial charge in [0.25, 0.3) is 5.91 Å². The van der Waals surface area contributed by atoms with Crippen molar-refractivity contribution in [2.24, 2.45) is 0 Å². The molecule has 0 spiro atoms. The van der Waals surface area contributed by atoms with Crippen LogP contribution in [-0.4, -0.2) is 59.1 Å². The topological polar surface area (TPSA) is 43.8 Å². The molecule has 0 aliphatic carbocycles. The molecule has 0 unspecified atom stereocenters. The maximum Gasteiger partial charge on any atom is 0.254 e. The predicted octanol–water partition coefficient (Wildman–Crippen LogP) is 2.18. The first kappa shape index (κ1) is 16.3. The average molecular weight is 311 g/mol. The number of carbonyl (C=O) groups excluding carboxylic acids is 1. The number of aliphatic hydroxyl groups is 1. The SMILES string of the molecule is Cc1ccc(Cl)cc1C(=O)N1CCN(CC(C)(C)O)CC1. The summed E-state index contributed by atoms with van der Waals surface area (Å²) >= 11 is 5.99. The molecular weight excluding hydrogens is 288 g/mol. The second-order valence-corrected chi connectivity index (χ2v) is 6.78. The quantitative estimate of drug-likeness (QED) is 0.930. The van der Waals surface area contributed by atoms with Crippen LogP contribution in [0.15, 0.2) is 18.2 Å². The molecule has 0 saturated carbocycles. The first-order valence-corrected chi connectivity index (χ1v) is 7.64. The molecule has 0 radical (unpaired) electrons. The van der Waals surface area contributed by atoms with Gasteiger partial charge in [-0.3, -0.25) is 9.69 Å². The zero-order valence-electron chi connectivity index (χ0n) is 12.9. The van der Waals surface area contributed by atoms with Crippen molar-refractivity contribution in [1.29, 1.82) is 0 Å². The maximum absolute atomic E-state index is 12.6. The van der Waals surface area contributed by atoms with Crippen LogP contribution in [0.5, 0.6) is 0 Å². The molecule has 5 heteroatoms. The number of amides is 1. The number of carbonyl (C=O) groups is 1. The summed E-state index contributed by atoms with van der Waals surface area (Å²) in [5.74, 6) is 0.0397. The number of piperazine rings is 1. The number of rotatable bonds is 3. The van der Waals surface area contributed by atoms with Gasteiger partial charge in [0.1, 0.15) is 0 Å². The summed E-state index contributed by atoms with van der Waals surface area (Å²) < 4.78 is 0. The minimum Gasteiger partial charge on any atom is -0.389 e. The van der Waals surface area contributed by atoms with Crippen molar-refractivity contribution in [2.45, 2.75) is 26.4 Å². The highest BCUT2D eigenvalue weighted by Crippen LogP contribution is 2.18. The Kier molecular flexibility index (Phi) is 4.91. The van der Waals surface area contributed by atoms with Gasteiger partial charge in [-0.25, -0.2) is 0 Å². The molecule has 1 aliphatic heterocycles. The lowest BCUT2D eigenvalue weighted by molar-refractivity contribution is 0.0178. The van der Waals surface area contributed by atoms with Crippen LogP contribution < -0.4 is 0 Å². The summed E-state index contributed by atoms with van der Waals surface area (Å²) in [7, 11) is 0. The van der Waals surface area contributed by atoms with Gasteiger partial charge in [0.2, 0.25) is 0 Å². The van der Waals surface area contributed by atoms with Crippen molar-refractivity contribution in [3.63, 3.8) is 0 Å². The fourth-order valence-corrected chi connectivity index (χ4v) is 2.82. The highest BCUT2D eigenvalue weighted by molar-refractivity contribution is 6.31. The number of β-amino-alcohol motifs (C(OH)–C–C–N with tert-alkyl or cyclic N) is 1. The Labute approximate surface area is 131 Å². The Morgan fingerprint density at radius 3 is 2.48 bits per heavy atom. The molecule has 2 rings (SSSR count). The van der Waals surface area contributed by atoms with E-state index in [-0.39, 0.29) is 5.91 Å². The van der Waals surface area contributed by atoms with E-state index in [2.05, 4.69) is 4.90 Å². The molecule has 0 atom stereocenters. The van der Waals surface area contributed by atoms with E-state index in [4.69, 9.17) is 11.6 Å². The molecule has 1 N–H and O–H groups in total. The van der Waals surface area contributed by atoms with E-state index in [0.717, 1.165) is 18.7 Å². The number of nitrogens with zero attached hydrogens (tertiary/aromatic N) is 2. The van der Waals surface area contributed by atoms with Crippen molar-refractivity contribution in [3.8, 4) is 0 Å². The number of halogens is 1. The molecule has 0 bridgehead atoms. The lowest BCUT2D eigenvalue weighted by Crippen LogP contribution is -2.52. The van der Waals surface area contributed by atoms with Gasteiger partial charge in [0.15, 0.2) is 0 Å². The van der Waals surface area contributed by atoms with Crippen LogP contribution in [0.2, 0.25) is 5.02 Å². The summed E-state index contributed by atoms with van der Waals surface area (Å²) in [5, 5.41) is 10.4. The Morgan fingerprint density at radius 1 is 1.29 bits per heavy atom. The molecule has 1 amide bonds. The molecule has 1 aromatic rings. The molecule has 1 aliphatic rings. The molecule has 0 aromatic heterocycles. The van der Waals surface area contributed by atoms with Gasteiger partial charge >= 0.3 is 0 Å². The molecule has 1 saturated heterocycles. The van der Waals surface area contributed by atoms with E-state index >= 15 is 0 Å². The number of benzene rings is 1. The van der Waals surface area contributed by atoms with Gasteiger partial charge in [0.05, 0.1) is 5.60 Å². The van der Waals surface area contributed by atoms with E-state index in [1.54, 1.807) is 26.0 Å². The summed E-state index contributed by atoms with van der Waals surface area (Å²) in [6.07, 6.45) is 0. The Balaban J connectivity index is 1.99. The fourth-order valence-electron chi connectivity index (χ4n) is 2.65. The molecular formula is C16H23ClN2O2. The van der Waals surface area contributed by atoms with Gasteiger partial charge in [-0.2, -0.15) is 0 Å². The summed E-state index contributed by atoms with van der Waals surface area (Å²) in [6, 6.07) is 5.41. The molecule has 21 heavy (non-hydrogen) atoms. The van der Waals surface area contributed by atoms with E-state index in [1.165, 1.54) is 0 Å². The van der Waals surface area contributed by atoms with E-state index in [0.29, 0.717) is 30.2 Å². The van der Waals surface area contributed by atoms with Gasteiger partial charge in [-0.05, 0) is 38.5 Å². The van der Waals surface area contributed by atoms with Crippen LogP contribution in [0.3, 0.4) is 0 Å².